The zero-order chi connectivity index (χ0) is 23.9. The Balaban J connectivity index is 1.95. The van der Waals surface area contributed by atoms with Crippen molar-refractivity contribution < 1.29 is 26.4 Å². The molecule has 0 bridgehead atoms. The van der Waals surface area contributed by atoms with Crippen molar-refractivity contribution in [1.29, 1.82) is 0 Å². The molecule has 3 rings (SSSR count). The van der Waals surface area contributed by atoms with E-state index in [9.17, 15) is 21.9 Å². The van der Waals surface area contributed by atoms with Gasteiger partial charge in [0, 0.05) is 6.54 Å². The first-order valence-electron chi connectivity index (χ1n) is 10.4. The molecule has 2 aliphatic rings. The van der Waals surface area contributed by atoms with Crippen LogP contribution in [0, 0.1) is 12.3 Å². The topological polar surface area (TPSA) is 162 Å². The summed E-state index contributed by atoms with van der Waals surface area (Å²) >= 11 is 0. The zero-order valence-corrected chi connectivity index (χ0v) is 20.4. The van der Waals surface area contributed by atoms with Crippen LogP contribution in [-0.4, -0.2) is 57.6 Å². The molecule has 3 unspecified atom stereocenters. The van der Waals surface area contributed by atoms with Crippen LogP contribution in [0.15, 0.2) is 26.5 Å². The predicted octanol–water partition coefficient (Wildman–Crippen LogP) is 0.741. The lowest BCUT2D eigenvalue weighted by molar-refractivity contribution is 0.167. The number of hydrogen-bond donors (Lipinski definition) is 4. The predicted molar refractivity (Wildman–Crippen MR) is 121 cm³/mol. The largest absolute Gasteiger partial charge is 0.464 e. The number of furan rings is 1. The summed E-state index contributed by atoms with van der Waals surface area (Å²) in [5, 5.41) is 9.58. The van der Waals surface area contributed by atoms with Crippen LogP contribution in [0.4, 0.5) is 0 Å². The van der Waals surface area contributed by atoms with Crippen molar-refractivity contribution in [1.82, 2.24) is 14.2 Å². The van der Waals surface area contributed by atoms with E-state index in [-0.39, 0.29) is 31.1 Å². The maximum Gasteiger partial charge on any atom is 0.324 e. The molecule has 1 aromatic heterocycles. The molecular weight excluding hydrogens is 458 g/mol. The Morgan fingerprint density at radius 1 is 1.25 bits per heavy atom. The van der Waals surface area contributed by atoms with Gasteiger partial charge in [0.1, 0.15) is 22.8 Å². The summed E-state index contributed by atoms with van der Waals surface area (Å²) in [7, 11) is -7.63. The Kier molecular flexibility index (Phi) is 6.76. The lowest BCUT2D eigenvalue weighted by Crippen LogP contribution is -2.41. The smallest absolute Gasteiger partial charge is 0.324 e. The van der Waals surface area contributed by atoms with Crippen molar-refractivity contribution >= 4 is 31.9 Å². The van der Waals surface area contributed by atoms with E-state index in [4.69, 9.17) is 4.42 Å². The van der Waals surface area contributed by atoms with Gasteiger partial charge < -0.3 is 9.52 Å². The summed E-state index contributed by atoms with van der Waals surface area (Å²) in [6.45, 7) is 9.52. The molecular formula is C19H31N5O6S2. The number of aliphatic imine (C=N–C) groups is 2. The fourth-order valence-electron chi connectivity index (χ4n) is 3.84. The molecule has 13 heteroatoms. The van der Waals surface area contributed by atoms with Crippen LogP contribution >= 0.6 is 0 Å². The molecule has 11 nitrogen and oxygen atoms in total. The van der Waals surface area contributed by atoms with Crippen molar-refractivity contribution in [3.05, 3.63) is 23.7 Å². The molecule has 32 heavy (non-hydrogen) atoms. The average Bonchev–Trinajstić information content (AvgIpc) is 3.30. The van der Waals surface area contributed by atoms with Crippen molar-refractivity contribution in [3.8, 4) is 0 Å². The minimum Gasteiger partial charge on any atom is -0.464 e. The zero-order valence-electron chi connectivity index (χ0n) is 18.8. The number of nitrogens with one attached hydrogen (secondary N) is 3. The average molecular weight is 490 g/mol. The van der Waals surface area contributed by atoms with Gasteiger partial charge in [0.05, 0.1) is 12.1 Å². The van der Waals surface area contributed by atoms with E-state index in [1.54, 1.807) is 19.1 Å². The minimum atomic E-state index is -3.93. The van der Waals surface area contributed by atoms with Gasteiger partial charge in [-0.15, -0.1) is 0 Å². The van der Waals surface area contributed by atoms with E-state index in [0.717, 1.165) is 0 Å². The molecule has 2 fully saturated rings. The molecule has 1 aromatic rings. The van der Waals surface area contributed by atoms with Gasteiger partial charge in [0.25, 0.3) is 0 Å². The van der Waals surface area contributed by atoms with Gasteiger partial charge in [-0.05, 0) is 37.3 Å². The lowest BCUT2D eigenvalue weighted by atomic mass is 9.85. The quantitative estimate of drug-likeness (QED) is 0.461. The summed E-state index contributed by atoms with van der Waals surface area (Å²) < 4.78 is 61.8. The Hall–Kier alpha value is -1.96. The molecule has 1 aliphatic carbocycles. The summed E-state index contributed by atoms with van der Waals surface area (Å²) in [5.74, 6) is 1.21. The number of rotatable bonds is 6. The third-order valence-corrected chi connectivity index (χ3v) is 8.28. The first kappa shape index (κ1) is 24.7. The standard InChI is InChI=1S/C19H31N5O6S2/c1-6-20-31(26,27)14-10-8-12(15(14)25)21-17-18(24-32(28,29)23-17)22-16(19(3,4)5)13-9-7-11(2)30-13/h7,9,12,14-16,20,25H,6,8,10H2,1-5H3,(H,21,23)(H,22,24)/t12?,14?,15?,16-/m0/s1. The molecule has 1 saturated heterocycles. The Bertz CT molecular complexity index is 1120. The number of aliphatic hydroxyl groups excluding tert-OH is 1. The number of hydrogen-bond acceptors (Lipinski definition) is 8. The molecule has 0 aromatic carbocycles. The highest BCUT2D eigenvalue weighted by atomic mass is 32.2. The number of aryl methyl sites for hydroxylation is 1. The van der Waals surface area contributed by atoms with Crippen molar-refractivity contribution in [2.45, 2.75) is 70.9 Å². The first-order valence-corrected chi connectivity index (χ1v) is 13.5. The fraction of sp³-hybridized carbons (Fsp3) is 0.684. The molecule has 0 radical (unpaired) electrons. The highest BCUT2D eigenvalue weighted by Gasteiger charge is 2.44. The Labute approximate surface area is 189 Å². The third kappa shape index (κ3) is 5.33. The molecule has 1 saturated carbocycles. The third-order valence-electron chi connectivity index (χ3n) is 5.36. The summed E-state index contributed by atoms with van der Waals surface area (Å²) in [6.07, 6.45) is -0.778. The number of nitrogens with zero attached hydrogens (tertiary/aromatic N) is 2. The van der Waals surface area contributed by atoms with Gasteiger partial charge in [-0.2, -0.15) is 8.42 Å². The van der Waals surface area contributed by atoms with E-state index < -0.39 is 49.1 Å². The summed E-state index contributed by atoms with van der Waals surface area (Å²) in [5.41, 5.74) is -0.408. The van der Waals surface area contributed by atoms with Crippen molar-refractivity contribution in [3.63, 3.8) is 0 Å². The molecule has 4 atom stereocenters. The number of amidine groups is 2. The van der Waals surface area contributed by atoms with Crippen LogP contribution in [-0.2, 0) is 20.2 Å². The highest BCUT2D eigenvalue weighted by Crippen LogP contribution is 2.37. The summed E-state index contributed by atoms with van der Waals surface area (Å²) in [6, 6.07) is 2.28. The van der Waals surface area contributed by atoms with Gasteiger partial charge in [-0.1, -0.05) is 27.7 Å². The minimum absolute atomic E-state index is 0.0100. The Morgan fingerprint density at radius 3 is 2.47 bits per heavy atom. The van der Waals surface area contributed by atoms with Gasteiger partial charge in [0.15, 0.2) is 11.7 Å². The highest BCUT2D eigenvalue weighted by molar-refractivity contribution is 7.90. The first-order chi connectivity index (χ1) is 14.7. The maximum atomic E-state index is 12.3. The SMILES string of the molecule is CCNS(=O)(=O)C1CCC(N=C2NS(=O)(=O)NC2=N[C@@H](c2ccc(C)o2)C(C)(C)C)C1O. The second kappa shape index (κ2) is 8.76. The van der Waals surface area contributed by atoms with E-state index in [1.165, 1.54) is 0 Å². The summed E-state index contributed by atoms with van der Waals surface area (Å²) in [4.78, 5) is 8.95. The van der Waals surface area contributed by atoms with Crippen LogP contribution in [0.2, 0.25) is 0 Å². The maximum absolute atomic E-state index is 12.3. The molecule has 1 aliphatic heterocycles. The van der Waals surface area contributed by atoms with E-state index in [1.807, 2.05) is 27.7 Å². The molecule has 4 N–H and O–H groups in total. The van der Waals surface area contributed by atoms with Crippen molar-refractivity contribution in [2.24, 2.45) is 15.4 Å². The fourth-order valence-corrected chi connectivity index (χ4v) is 6.31. The van der Waals surface area contributed by atoms with Gasteiger partial charge in [0.2, 0.25) is 10.0 Å². The lowest BCUT2D eigenvalue weighted by Gasteiger charge is -2.26. The van der Waals surface area contributed by atoms with Gasteiger partial charge >= 0.3 is 10.2 Å². The van der Waals surface area contributed by atoms with Crippen molar-refractivity contribution in [2.75, 3.05) is 6.54 Å². The van der Waals surface area contributed by atoms with Gasteiger partial charge in [-0.3, -0.25) is 9.98 Å². The van der Waals surface area contributed by atoms with Crippen LogP contribution in [0.25, 0.3) is 0 Å². The molecule has 180 valence electrons. The van der Waals surface area contributed by atoms with Gasteiger partial charge in [-0.25, -0.2) is 22.6 Å². The van der Waals surface area contributed by atoms with Crippen LogP contribution in [0.1, 0.15) is 58.1 Å². The van der Waals surface area contributed by atoms with E-state index in [0.29, 0.717) is 11.5 Å². The van der Waals surface area contributed by atoms with Crippen LogP contribution in [0.3, 0.4) is 0 Å². The number of aliphatic hydroxyl groups is 1. The van der Waals surface area contributed by atoms with Crippen LogP contribution < -0.4 is 14.2 Å². The van der Waals surface area contributed by atoms with E-state index in [2.05, 4.69) is 24.2 Å². The van der Waals surface area contributed by atoms with E-state index >= 15 is 0 Å². The Morgan fingerprint density at radius 2 is 1.91 bits per heavy atom. The van der Waals surface area contributed by atoms with Crippen LogP contribution in [0.5, 0.6) is 0 Å². The second-order valence-electron chi connectivity index (χ2n) is 9.10. The molecule has 0 amide bonds. The number of sulfonamides is 1. The monoisotopic (exact) mass is 489 g/mol. The normalized spacial score (nSPS) is 29.2. The molecule has 2 heterocycles. The molecule has 0 spiro atoms. The second-order valence-corrected chi connectivity index (χ2v) is 12.5.